The van der Waals surface area contributed by atoms with E-state index in [0.717, 1.165) is 4.47 Å². The van der Waals surface area contributed by atoms with E-state index in [1.807, 2.05) is 6.07 Å². The zero-order valence-corrected chi connectivity index (χ0v) is 16.7. The summed E-state index contributed by atoms with van der Waals surface area (Å²) in [6.07, 6.45) is 0.172. The van der Waals surface area contributed by atoms with Gasteiger partial charge in [0, 0.05) is 15.7 Å². The molecule has 0 aliphatic carbocycles. The monoisotopic (exact) mass is 444 g/mol. The van der Waals surface area contributed by atoms with Crippen molar-refractivity contribution in [1.82, 2.24) is 0 Å². The molecule has 0 fully saturated rings. The molecule has 0 heterocycles. The zero-order chi connectivity index (χ0) is 20.7. The first kappa shape index (κ1) is 21.0. The van der Waals surface area contributed by atoms with Crippen molar-refractivity contribution in [2.75, 3.05) is 12.4 Å². The first-order valence-corrected chi connectivity index (χ1v) is 8.90. The topological polar surface area (TPSA) is 109 Å². The molecule has 0 saturated heterocycles. The minimum Gasteiger partial charge on any atom is -0.493 e. The summed E-state index contributed by atoms with van der Waals surface area (Å²) in [7, 11) is 1.41. The fourth-order valence-electron chi connectivity index (χ4n) is 2.20. The Labute approximate surface area is 170 Å². The van der Waals surface area contributed by atoms with Crippen LogP contribution >= 0.6 is 15.9 Å². The Morgan fingerprint density at radius 1 is 1.25 bits per heavy atom. The first-order chi connectivity index (χ1) is 13.3. The third kappa shape index (κ3) is 5.34. The summed E-state index contributed by atoms with van der Waals surface area (Å²) in [6, 6.07) is 13.6. The number of benzene rings is 2. The number of carbonyl (C=O) groups excluding carboxylic acids is 1. The van der Waals surface area contributed by atoms with Crippen molar-refractivity contribution in [3.63, 3.8) is 0 Å². The molecular weight excluding hydrogens is 428 g/mol. The maximum atomic E-state index is 12.4. The highest BCUT2D eigenvalue weighted by molar-refractivity contribution is 9.10. The first-order valence-electron chi connectivity index (χ1n) is 8.11. The van der Waals surface area contributed by atoms with E-state index in [2.05, 4.69) is 21.2 Å². The summed E-state index contributed by atoms with van der Waals surface area (Å²) in [4.78, 5) is 23.6. The van der Waals surface area contributed by atoms with Gasteiger partial charge in [-0.15, -0.1) is 0 Å². The second-order valence-corrected chi connectivity index (χ2v) is 6.52. The number of para-hydroxylation sites is 1. The Morgan fingerprint density at radius 2 is 1.93 bits per heavy atom. The van der Waals surface area contributed by atoms with Crippen LogP contribution in [0.25, 0.3) is 6.08 Å². The predicted octanol–water partition coefficient (Wildman–Crippen LogP) is 3.86. The molecule has 0 saturated carbocycles. The minimum absolute atomic E-state index is 0.129. The number of anilines is 1. The number of nitrogens with one attached hydrogen (secondary N) is 1. The zero-order valence-electron chi connectivity index (χ0n) is 15.1. The molecule has 2 aromatic carbocycles. The summed E-state index contributed by atoms with van der Waals surface area (Å²) in [5.41, 5.74) is 0.690. The second kappa shape index (κ2) is 9.58. The fourth-order valence-corrected chi connectivity index (χ4v) is 2.46. The summed E-state index contributed by atoms with van der Waals surface area (Å²) in [5.74, 6) is -1.35. The molecule has 2 aromatic rings. The maximum Gasteiger partial charge on any atom is 0.344 e. The number of carboxylic acids is 1. The van der Waals surface area contributed by atoms with Gasteiger partial charge in [0.25, 0.3) is 5.91 Å². The Bertz CT molecular complexity index is 948. The Hall–Kier alpha value is -3.31. The highest BCUT2D eigenvalue weighted by Gasteiger charge is 2.19. The van der Waals surface area contributed by atoms with Gasteiger partial charge in [-0.1, -0.05) is 28.1 Å². The van der Waals surface area contributed by atoms with Crippen LogP contribution in [0.1, 0.15) is 12.5 Å². The maximum absolute atomic E-state index is 12.4. The highest BCUT2D eigenvalue weighted by atomic mass is 79.9. The molecule has 0 spiro atoms. The molecular formula is C20H17BrN2O5. The number of aliphatic carboxylic acids is 1. The molecule has 0 bridgehead atoms. The lowest BCUT2D eigenvalue weighted by Crippen LogP contribution is -2.23. The SMILES string of the molecule is COc1cccc(/C=C(/C#N)C(=O)Nc2ccc(Br)cc2)c1O[C@H](C)C(=O)O. The van der Waals surface area contributed by atoms with Gasteiger partial charge >= 0.3 is 5.97 Å². The van der Waals surface area contributed by atoms with Crippen molar-refractivity contribution in [2.24, 2.45) is 0 Å². The molecule has 1 atom stereocenters. The Balaban J connectivity index is 2.37. The van der Waals surface area contributed by atoms with Crippen molar-refractivity contribution in [3.05, 3.63) is 58.1 Å². The summed E-state index contributed by atoms with van der Waals surface area (Å²) in [5, 5.41) is 21.1. The summed E-state index contributed by atoms with van der Waals surface area (Å²) < 4.78 is 11.5. The number of nitriles is 1. The Kier molecular flexibility index (Phi) is 7.18. The normalized spacial score (nSPS) is 11.9. The van der Waals surface area contributed by atoms with E-state index < -0.39 is 18.0 Å². The van der Waals surface area contributed by atoms with Crippen molar-refractivity contribution in [3.8, 4) is 17.6 Å². The molecule has 28 heavy (non-hydrogen) atoms. The third-order valence-corrected chi connectivity index (χ3v) is 4.17. The number of carboxylic acid groups (broad SMARTS) is 1. The molecule has 1 amide bonds. The van der Waals surface area contributed by atoms with Crippen LogP contribution in [0.15, 0.2) is 52.5 Å². The van der Waals surface area contributed by atoms with E-state index in [9.17, 15) is 14.9 Å². The number of hydrogen-bond acceptors (Lipinski definition) is 5. The van der Waals surface area contributed by atoms with Crippen molar-refractivity contribution in [1.29, 1.82) is 5.26 Å². The van der Waals surface area contributed by atoms with Crippen molar-refractivity contribution < 1.29 is 24.2 Å². The van der Waals surface area contributed by atoms with Crippen molar-refractivity contribution in [2.45, 2.75) is 13.0 Å². The third-order valence-electron chi connectivity index (χ3n) is 3.64. The predicted molar refractivity (Wildman–Crippen MR) is 107 cm³/mol. The van der Waals surface area contributed by atoms with Gasteiger partial charge in [-0.2, -0.15) is 5.26 Å². The molecule has 0 aromatic heterocycles. The number of carbonyl (C=O) groups is 2. The van der Waals surface area contributed by atoms with Gasteiger partial charge in [0.1, 0.15) is 11.6 Å². The molecule has 0 aliphatic rings. The van der Waals surface area contributed by atoms with Gasteiger partial charge in [0.05, 0.1) is 7.11 Å². The number of rotatable bonds is 7. The van der Waals surface area contributed by atoms with Crippen LogP contribution < -0.4 is 14.8 Å². The number of amides is 1. The van der Waals surface area contributed by atoms with Crippen LogP contribution in [-0.4, -0.2) is 30.2 Å². The van der Waals surface area contributed by atoms with E-state index in [-0.39, 0.29) is 17.1 Å². The van der Waals surface area contributed by atoms with Crippen molar-refractivity contribution >= 4 is 39.6 Å². The van der Waals surface area contributed by atoms with Gasteiger partial charge < -0.3 is 19.9 Å². The molecule has 0 unspecified atom stereocenters. The standard InChI is InChI=1S/C20H17BrN2O5/c1-12(20(25)26)28-18-13(4-3-5-17(18)27-2)10-14(11-22)19(24)23-16-8-6-15(21)7-9-16/h3-10,12H,1-2H3,(H,23,24)(H,25,26)/b14-10-/t12-/m1/s1. The van der Waals surface area contributed by atoms with E-state index >= 15 is 0 Å². The number of ether oxygens (including phenoxy) is 2. The van der Waals surface area contributed by atoms with Gasteiger partial charge in [-0.25, -0.2) is 4.79 Å². The van der Waals surface area contributed by atoms with Crippen LogP contribution in [0.4, 0.5) is 5.69 Å². The van der Waals surface area contributed by atoms with Gasteiger partial charge in [-0.3, -0.25) is 4.79 Å². The van der Waals surface area contributed by atoms with Crippen LogP contribution in [0, 0.1) is 11.3 Å². The lowest BCUT2D eigenvalue weighted by Gasteiger charge is -2.16. The highest BCUT2D eigenvalue weighted by Crippen LogP contribution is 2.33. The van der Waals surface area contributed by atoms with E-state index in [4.69, 9.17) is 14.6 Å². The summed E-state index contributed by atoms with van der Waals surface area (Å²) in [6.45, 7) is 1.37. The lowest BCUT2D eigenvalue weighted by molar-refractivity contribution is -0.144. The van der Waals surface area contributed by atoms with E-state index in [1.54, 1.807) is 42.5 Å². The van der Waals surface area contributed by atoms with Crippen LogP contribution in [0.3, 0.4) is 0 Å². The fraction of sp³-hybridized carbons (Fsp3) is 0.150. The number of halogens is 1. The lowest BCUT2D eigenvalue weighted by atomic mass is 10.1. The average molecular weight is 445 g/mol. The van der Waals surface area contributed by atoms with Crippen LogP contribution in [0.5, 0.6) is 11.5 Å². The molecule has 2 N–H and O–H groups in total. The molecule has 2 rings (SSSR count). The second-order valence-electron chi connectivity index (χ2n) is 5.61. The summed E-state index contributed by atoms with van der Waals surface area (Å²) >= 11 is 3.31. The molecule has 0 aliphatic heterocycles. The van der Waals surface area contributed by atoms with Crippen LogP contribution in [-0.2, 0) is 9.59 Å². The van der Waals surface area contributed by atoms with E-state index in [0.29, 0.717) is 11.3 Å². The number of hydrogen-bond donors (Lipinski definition) is 2. The van der Waals surface area contributed by atoms with Crippen LogP contribution in [0.2, 0.25) is 0 Å². The molecule has 0 radical (unpaired) electrons. The molecule has 8 heteroatoms. The van der Waals surface area contributed by atoms with E-state index in [1.165, 1.54) is 20.1 Å². The van der Waals surface area contributed by atoms with Gasteiger partial charge in [0.2, 0.25) is 0 Å². The largest absolute Gasteiger partial charge is 0.493 e. The quantitative estimate of drug-likeness (QED) is 0.495. The molecule has 7 nitrogen and oxygen atoms in total. The number of nitrogens with zero attached hydrogens (tertiary/aromatic N) is 1. The number of methoxy groups -OCH3 is 1. The minimum atomic E-state index is -1.16. The average Bonchev–Trinajstić information content (AvgIpc) is 2.68. The van der Waals surface area contributed by atoms with Gasteiger partial charge in [-0.05, 0) is 43.3 Å². The smallest absolute Gasteiger partial charge is 0.344 e. The Morgan fingerprint density at radius 3 is 2.50 bits per heavy atom. The van der Waals surface area contributed by atoms with Gasteiger partial charge in [0.15, 0.2) is 17.6 Å². The molecule has 144 valence electrons.